The SMILES string of the molecule is CC(C)N=CC(=CN)B1OC(C)(C)C(C)(C)O1. The van der Waals surface area contributed by atoms with Crippen LogP contribution in [0.4, 0.5) is 0 Å². The van der Waals surface area contributed by atoms with Gasteiger partial charge in [-0.05, 0) is 47.7 Å². The molecule has 0 radical (unpaired) electrons. The average molecular weight is 238 g/mol. The highest BCUT2D eigenvalue weighted by atomic mass is 16.7. The molecule has 0 amide bonds. The van der Waals surface area contributed by atoms with Gasteiger partial charge in [-0.15, -0.1) is 0 Å². The van der Waals surface area contributed by atoms with Crippen LogP contribution in [0.5, 0.6) is 0 Å². The largest absolute Gasteiger partial charge is 0.497 e. The first kappa shape index (κ1) is 14.3. The standard InChI is InChI=1S/C12H23BN2O2/c1-9(2)15-8-10(7-14)13-16-11(3,4)12(5,6)17-13/h7-9H,14H2,1-6H3. The van der Waals surface area contributed by atoms with E-state index in [0.29, 0.717) is 0 Å². The van der Waals surface area contributed by atoms with Gasteiger partial charge < -0.3 is 15.0 Å². The van der Waals surface area contributed by atoms with E-state index in [9.17, 15) is 0 Å². The molecule has 0 unspecified atom stereocenters. The third kappa shape index (κ3) is 3.10. The Balaban J connectivity index is 2.82. The van der Waals surface area contributed by atoms with Gasteiger partial charge in [0, 0.05) is 17.7 Å². The highest BCUT2D eigenvalue weighted by Gasteiger charge is 2.52. The van der Waals surface area contributed by atoms with Crippen molar-refractivity contribution < 1.29 is 9.31 Å². The first-order chi connectivity index (χ1) is 7.69. The van der Waals surface area contributed by atoms with Gasteiger partial charge in [0.2, 0.25) is 0 Å². The van der Waals surface area contributed by atoms with Crippen LogP contribution < -0.4 is 5.73 Å². The van der Waals surface area contributed by atoms with E-state index in [-0.39, 0.29) is 17.2 Å². The van der Waals surface area contributed by atoms with Crippen molar-refractivity contribution in [2.24, 2.45) is 10.7 Å². The molecular formula is C12H23BN2O2. The van der Waals surface area contributed by atoms with Gasteiger partial charge in [-0.2, -0.15) is 0 Å². The number of allylic oxidation sites excluding steroid dienone is 1. The highest BCUT2D eigenvalue weighted by Crippen LogP contribution is 2.38. The minimum Gasteiger partial charge on any atom is -0.405 e. The monoisotopic (exact) mass is 238 g/mol. The van der Waals surface area contributed by atoms with E-state index in [1.807, 2.05) is 41.5 Å². The Kier molecular flexibility index (Phi) is 4.04. The minimum absolute atomic E-state index is 0.229. The quantitative estimate of drug-likeness (QED) is 0.603. The van der Waals surface area contributed by atoms with E-state index < -0.39 is 7.12 Å². The first-order valence-electron chi connectivity index (χ1n) is 6.00. The molecule has 0 bridgehead atoms. The Labute approximate surface area is 104 Å². The van der Waals surface area contributed by atoms with Crippen LogP contribution in [0, 0.1) is 0 Å². The summed E-state index contributed by atoms with van der Waals surface area (Å²) < 4.78 is 11.8. The van der Waals surface area contributed by atoms with Gasteiger partial charge in [-0.1, -0.05) is 0 Å². The molecule has 96 valence electrons. The van der Waals surface area contributed by atoms with Gasteiger partial charge in [0.05, 0.1) is 11.2 Å². The number of aliphatic imine (C=N–C) groups is 1. The molecule has 1 rings (SSSR count). The van der Waals surface area contributed by atoms with Gasteiger partial charge in [0.15, 0.2) is 0 Å². The van der Waals surface area contributed by atoms with Gasteiger partial charge in [-0.25, -0.2) is 0 Å². The molecular weight excluding hydrogens is 215 g/mol. The molecule has 0 aromatic rings. The Bertz CT molecular complexity index is 319. The summed E-state index contributed by atoms with van der Waals surface area (Å²) in [7, 11) is -0.438. The zero-order valence-electron chi connectivity index (χ0n) is 11.7. The van der Waals surface area contributed by atoms with Crippen molar-refractivity contribution in [3.05, 3.63) is 11.7 Å². The minimum atomic E-state index is -0.438. The van der Waals surface area contributed by atoms with Crippen LogP contribution in [0.15, 0.2) is 16.7 Å². The van der Waals surface area contributed by atoms with Crippen molar-refractivity contribution in [3.8, 4) is 0 Å². The predicted octanol–water partition coefficient (Wildman–Crippen LogP) is 1.94. The molecule has 2 N–H and O–H groups in total. The molecule has 0 saturated carbocycles. The highest BCUT2D eigenvalue weighted by molar-refractivity contribution is 6.60. The number of nitrogens with zero attached hydrogens (tertiary/aromatic N) is 1. The molecule has 0 aromatic heterocycles. The maximum Gasteiger partial charge on any atom is 0.497 e. The molecule has 0 spiro atoms. The zero-order chi connectivity index (χ0) is 13.3. The number of nitrogens with two attached hydrogens (primary N) is 1. The van der Waals surface area contributed by atoms with Gasteiger partial charge in [0.25, 0.3) is 0 Å². The van der Waals surface area contributed by atoms with Crippen molar-refractivity contribution in [1.29, 1.82) is 0 Å². The van der Waals surface area contributed by atoms with Crippen LogP contribution in [0.2, 0.25) is 0 Å². The average Bonchev–Trinajstić information content (AvgIpc) is 2.36. The number of rotatable bonds is 3. The van der Waals surface area contributed by atoms with Gasteiger partial charge in [0.1, 0.15) is 0 Å². The molecule has 1 fully saturated rings. The smallest absolute Gasteiger partial charge is 0.405 e. The zero-order valence-corrected chi connectivity index (χ0v) is 11.7. The lowest BCUT2D eigenvalue weighted by Crippen LogP contribution is -2.41. The lowest BCUT2D eigenvalue weighted by Gasteiger charge is -2.32. The second kappa shape index (κ2) is 4.82. The molecule has 0 atom stereocenters. The molecule has 4 nitrogen and oxygen atoms in total. The topological polar surface area (TPSA) is 56.8 Å². The van der Waals surface area contributed by atoms with E-state index in [1.54, 1.807) is 6.21 Å². The Morgan fingerprint density at radius 3 is 2.00 bits per heavy atom. The fourth-order valence-electron chi connectivity index (χ4n) is 1.40. The van der Waals surface area contributed by atoms with Gasteiger partial charge >= 0.3 is 7.12 Å². The molecule has 5 heteroatoms. The van der Waals surface area contributed by atoms with Crippen molar-refractivity contribution >= 4 is 13.3 Å². The second-order valence-electron chi connectivity index (χ2n) is 5.63. The van der Waals surface area contributed by atoms with Crippen molar-refractivity contribution in [1.82, 2.24) is 0 Å². The van der Waals surface area contributed by atoms with E-state index in [1.165, 1.54) is 6.20 Å². The first-order valence-corrected chi connectivity index (χ1v) is 6.00. The van der Waals surface area contributed by atoms with Gasteiger partial charge in [-0.3, -0.25) is 4.99 Å². The third-order valence-corrected chi connectivity index (χ3v) is 3.24. The summed E-state index contributed by atoms with van der Waals surface area (Å²) in [5, 5.41) is 0. The predicted molar refractivity (Wildman–Crippen MR) is 72.0 cm³/mol. The number of hydrogen-bond acceptors (Lipinski definition) is 4. The van der Waals surface area contributed by atoms with Crippen molar-refractivity contribution in [3.63, 3.8) is 0 Å². The molecule has 1 heterocycles. The molecule has 1 aliphatic rings. The summed E-state index contributed by atoms with van der Waals surface area (Å²) in [4.78, 5) is 4.30. The third-order valence-electron chi connectivity index (χ3n) is 3.24. The van der Waals surface area contributed by atoms with E-state index in [0.717, 1.165) is 5.47 Å². The Morgan fingerprint density at radius 1 is 1.18 bits per heavy atom. The molecule has 1 aliphatic heterocycles. The molecule has 0 aromatic carbocycles. The van der Waals surface area contributed by atoms with Crippen LogP contribution in [0.3, 0.4) is 0 Å². The van der Waals surface area contributed by atoms with E-state index in [4.69, 9.17) is 15.0 Å². The maximum absolute atomic E-state index is 5.89. The van der Waals surface area contributed by atoms with Crippen molar-refractivity contribution in [2.45, 2.75) is 58.8 Å². The van der Waals surface area contributed by atoms with Crippen LogP contribution in [-0.4, -0.2) is 30.6 Å². The summed E-state index contributed by atoms with van der Waals surface area (Å²) in [6, 6.07) is 0.229. The summed E-state index contributed by atoms with van der Waals surface area (Å²) in [5.41, 5.74) is 5.66. The van der Waals surface area contributed by atoms with Crippen LogP contribution >= 0.6 is 0 Å². The lowest BCUT2D eigenvalue weighted by molar-refractivity contribution is 0.00578. The molecule has 0 aliphatic carbocycles. The van der Waals surface area contributed by atoms with Crippen molar-refractivity contribution in [2.75, 3.05) is 0 Å². The number of hydrogen-bond donors (Lipinski definition) is 1. The molecule has 17 heavy (non-hydrogen) atoms. The summed E-state index contributed by atoms with van der Waals surface area (Å²) in [6.07, 6.45) is 3.22. The summed E-state index contributed by atoms with van der Waals surface area (Å²) >= 11 is 0. The fourth-order valence-corrected chi connectivity index (χ4v) is 1.40. The second-order valence-corrected chi connectivity index (χ2v) is 5.63. The van der Waals surface area contributed by atoms with Crippen LogP contribution in [0.25, 0.3) is 0 Å². The Hall–Kier alpha value is -0.805. The van der Waals surface area contributed by atoms with Crippen LogP contribution in [0.1, 0.15) is 41.5 Å². The van der Waals surface area contributed by atoms with Crippen LogP contribution in [-0.2, 0) is 9.31 Å². The maximum atomic E-state index is 5.89. The van der Waals surface area contributed by atoms with E-state index >= 15 is 0 Å². The molecule has 1 saturated heterocycles. The van der Waals surface area contributed by atoms with E-state index in [2.05, 4.69) is 4.99 Å². The Morgan fingerprint density at radius 2 is 1.65 bits per heavy atom. The normalized spacial score (nSPS) is 23.9. The fraction of sp³-hybridized carbons (Fsp3) is 0.750. The summed E-state index contributed by atoms with van der Waals surface area (Å²) in [6.45, 7) is 12.1. The summed E-state index contributed by atoms with van der Waals surface area (Å²) in [5.74, 6) is 0. The lowest BCUT2D eigenvalue weighted by atomic mass is 9.79.